The summed E-state index contributed by atoms with van der Waals surface area (Å²) in [6, 6.07) is 6.57. The molecule has 0 radical (unpaired) electrons. The van der Waals surface area contributed by atoms with Gasteiger partial charge in [0, 0.05) is 38.1 Å². The van der Waals surface area contributed by atoms with Crippen LogP contribution < -0.4 is 4.74 Å². The number of carbonyl (C=O) groups is 3. The first-order valence-electron chi connectivity index (χ1n) is 9.24. The molecule has 1 atom stereocenters. The summed E-state index contributed by atoms with van der Waals surface area (Å²) in [5, 5.41) is 9.17. The molecule has 0 spiro atoms. The van der Waals surface area contributed by atoms with Gasteiger partial charge in [-0.3, -0.25) is 19.4 Å². The number of benzene rings is 1. The Balaban J connectivity index is 1.61. The van der Waals surface area contributed by atoms with Gasteiger partial charge in [0.2, 0.25) is 11.8 Å². The first kappa shape index (κ1) is 20.2. The molecule has 1 fully saturated rings. The molecule has 3 rings (SSSR count). The largest absolute Gasteiger partial charge is 0.481 e. The number of hydrogen-bond donors (Lipinski definition) is 1. The minimum atomic E-state index is -0.896. The van der Waals surface area contributed by atoms with Gasteiger partial charge in [0.05, 0.1) is 18.7 Å². The Kier molecular flexibility index (Phi) is 6.38. The van der Waals surface area contributed by atoms with Gasteiger partial charge in [0.15, 0.2) is 0 Å². The number of aliphatic carboxylic acids is 1. The smallest absolute Gasteiger partial charge is 0.308 e. The lowest BCUT2D eigenvalue weighted by Crippen LogP contribution is -2.46. The predicted molar refractivity (Wildman–Crippen MR) is 102 cm³/mol. The van der Waals surface area contributed by atoms with E-state index in [0.717, 1.165) is 0 Å². The van der Waals surface area contributed by atoms with Crippen molar-refractivity contribution in [2.24, 2.45) is 5.92 Å². The van der Waals surface area contributed by atoms with E-state index in [2.05, 4.69) is 9.97 Å². The highest BCUT2D eigenvalue weighted by molar-refractivity contribution is 5.96. The van der Waals surface area contributed by atoms with Crippen LogP contribution in [0.15, 0.2) is 42.9 Å². The van der Waals surface area contributed by atoms with E-state index in [0.29, 0.717) is 36.6 Å². The standard InChI is InChI=1S/C20H22N4O5/c1-23(13-18(25)24-9-3-5-15(12-24)20(27)28)19(26)14-4-2-6-16(10-14)29-17-11-21-7-8-22-17/h2,4,6-8,10-11,15H,3,5,9,12-13H2,1H3,(H,27,28). The van der Waals surface area contributed by atoms with Gasteiger partial charge < -0.3 is 19.6 Å². The Morgan fingerprint density at radius 3 is 2.86 bits per heavy atom. The fraction of sp³-hybridized carbons (Fsp3) is 0.350. The van der Waals surface area contributed by atoms with Gasteiger partial charge in [0.1, 0.15) is 5.75 Å². The van der Waals surface area contributed by atoms with Crippen molar-refractivity contribution in [3.63, 3.8) is 0 Å². The lowest BCUT2D eigenvalue weighted by atomic mass is 9.98. The number of likely N-dealkylation sites (N-methyl/N-ethyl adjacent to an activating group) is 1. The number of nitrogens with zero attached hydrogens (tertiary/aromatic N) is 4. The van der Waals surface area contributed by atoms with Crippen LogP contribution >= 0.6 is 0 Å². The minimum Gasteiger partial charge on any atom is -0.481 e. The second-order valence-electron chi connectivity index (χ2n) is 6.85. The van der Waals surface area contributed by atoms with Crippen LogP contribution in [0, 0.1) is 5.92 Å². The SMILES string of the molecule is CN(CC(=O)N1CCCC(C(=O)O)C1)C(=O)c1cccc(Oc2cnccn2)c1. The van der Waals surface area contributed by atoms with Crippen molar-refractivity contribution in [1.82, 2.24) is 19.8 Å². The molecular weight excluding hydrogens is 376 g/mol. The van der Waals surface area contributed by atoms with Crippen molar-refractivity contribution in [1.29, 1.82) is 0 Å². The summed E-state index contributed by atoms with van der Waals surface area (Å²) in [6.07, 6.45) is 5.69. The van der Waals surface area contributed by atoms with Gasteiger partial charge in [-0.25, -0.2) is 4.98 Å². The number of amides is 2. The molecule has 1 aliphatic heterocycles. The van der Waals surface area contributed by atoms with Gasteiger partial charge in [-0.1, -0.05) is 6.07 Å². The van der Waals surface area contributed by atoms with Gasteiger partial charge in [-0.05, 0) is 31.0 Å². The third-order valence-electron chi connectivity index (χ3n) is 4.69. The first-order valence-corrected chi connectivity index (χ1v) is 9.24. The van der Waals surface area contributed by atoms with E-state index >= 15 is 0 Å². The van der Waals surface area contributed by atoms with Crippen LogP contribution in [0.3, 0.4) is 0 Å². The summed E-state index contributed by atoms with van der Waals surface area (Å²) >= 11 is 0. The summed E-state index contributed by atoms with van der Waals surface area (Å²) in [7, 11) is 1.54. The topological polar surface area (TPSA) is 113 Å². The number of carboxylic acid groups (broad SMARTS) is 1. The normalized spacial score (nSPS) is 16.2. The average Bonchev–Trinajstić information content (AvgIpc) is 2.74. The van der Waals surface area contributed by atoms with Crippen LogP contribution in [0.5, 0.6) is 11.6 Å². The van der Waals surface area contributed by atoms with Crippen LogP contribution in [-0.4, -0.2) is 69.3 Å². The Hall–Kier alpha value is -3.49. The van der Waals surface area contributed by atoms with Crippen molar-refractivity contribution < 1.29 is 24.2 Å². The lowest BCUT2D eigenvalue weighted by molar-refractivity contribution is -0.145. The molecule has 1 N–H and O–H groups in total. The highest BCUT2D eigenvalue weighted by Gasteiger charge is 2.29. The maximum atomic E-state index is 12.7. The van der Waals surface area contributed by atoms with E-state index in [1.165, 1.54) is 35.4 Å². The van der Waals surface area contributed by atoms with Crippen LogP contribution in [0.25, 0.3) is 0 Å². The van der Waals surface area contributed by atoms with Crippen LogP contribution in [0.1, 0.15) is 23.2 Å². The van der Waals surface area contributed by atoms with Gasteiger partial charge >= 0.3 is 5.97 Å². The van der Waals surface area contributed by atoms with Crippen LogP contribution in [-0.2, 0) is 9.59 Å². The average molecular weight is 398 g/mol. The number of likely N-dealkylation sites (tertiary alicyclic amines) is 1. The zero-order valence-electron chi connectivity index (χ0n) is 16.0. The number of piperidine rings is 1. The summed E-state index contributed by atoms with van der Waals surface area (Å²) in [6.45, 7) is 0.560. The van der Waals surface area contributed by atoms with Crippen molar-refractivity contribution in [2.45, 2.75) is 12.8 Å². The quantitative estimate of drug-likeness (QED) is 0.787. The van der Waals surface area contributed by atoms with Gasteiger partial charge in [-0.2, -0.15) is 0 Å². The Labute approximate surface area is 167 Å². The monoisotopic (exact) mass is 398 g/mol. The van der Waals surface area contributed by atoms with E-state index in [-0.39, 0.29) is 24.9 Å². The number of aromatic nitrogens is 2. The molecule has 1 aliphatic rings. The lowest BCUT2D eigenvalue weighted by Gasteiger charge is -2.32. The minimum absolute atomic E-state index is 0.125. The van der Waals surface area contributed by atoms with Crippen molar-refractivity contribution in [2.75, 3.05) is 26.7 Å². The molecular formula is C20H22N4O5. The van der Waals surface area contributed by atoms with Crippen molar-refractivity contribution >= 4 is 17.8 Å². The Morgan fingerprint density at radius 1 is 1.31 bits per heavy atom. The molecule has 1 aromatic carbocycles. The van der Waals surface area contributed by atoms with E-state index in [1.807, 2.05) is 0 Å². The number of ether oxygens (including phenoxy) is 1. The fourth-order valence-electron chi connectivity index (χ4n) is 3.15. The molecule has 0 aliphatic carbocycles. The van der Waals surface area contributed by atoms with Crippen LogP contribution in [0.4, 0.5) is 0 Å². The number of carboxylic acids is 1. The Morgan fingerprint density at radius 2 is 2.14 bits per heavy atom. The van der Waals surface area contributed by atoms with E-state index in [1.54, 1.807) is 24.3 Å². The van der Waals surface area contributed by atoms with Gasteiger partial charge in [-0.15, -0.1) is 0 Å². The third kappa shape index (κ3) is 5.28. The zero-order chi connectivity index (χ0) is 20.8. The molecule has 0 saturated carbocycles. The molecule has 2 aromatic rings. The maximum absolute atomic E-state index is 12.7. The second kappa shape index (κ2) is 9.13. The molecule has 1 unspecified atom stereocenters. The number of rotatable bonds is 6. The predicted octanol–water partition coefficient (Wildman–Crippen LogP) is 1.66. The van der Waals surface area contributed by atoms with Gasteiger partial charge in [0.25, 0.3) is 5.91 Å². The first-order chi connectivity index (χ1) is 13.9. The number of carbonyl (C=O) groups excluding carboxylic acids is 2. The summed E-state index contributed by atoms with van der Waals surface area (Å²) in [5.41, 5.74) is 0.365. The molecule has 9 heteroatoms. The summed E-state index contributed by atoms with van der Waals surface area (Å²) in [4.78, 5) is 47.2. The molecule has 1 saturated heterocycles. The van der Waals surface area contributed by atoms with Crippen molar-refractivity contribution in [3.05, 3.63) is 48.4 Å². The number of hydrogen-bond acceptors (Lipinski definition) is 6. The highest BCUT2D eigenvalue weighted by atomic mass is 16.5. The Bertz CT molecular complexity index is 889. The summed E-state index contributed by atoms with van der Waals surface area (Å²) < 4.78 is 5.58. The highest BCUT2D eigenvalue weighted by Crippen LogP contribution is 2.21. The molecule has 0 bridgehead atoms. The third-order valence-corrected chi connectivity index (χ3v) is 4.69. The maximum Gasteiger partial charge on any atom is 0.308 e. The fourth-order valence-corrected chi connectivity index (χ4v) is 3.15. The van der Waals surface area contributed by atoms with Crippen LogP contribution in [0.2, 0.25) is 0 Å². The zero-order valence-corrected chi connectivity index (χ0v) is 16.0. The van der Waals surface area contributed by atoms with E-state index in [4.69, 9.17) is 9.84 Å². The molecule has 1 aromatic heterocycles. The second-order valence-corrected chi connectivity index (χ2v) is 6.85. The van der Waals surface area contributed by atoms with E-state index in [9.17, 15) is 14.4 Å². The molecule has 9 nitrogen and oxygen atoms in total. The van der Waals surface area contributed by atoms with E-state index < -0.39 is 11.9 Å². The molecule has 29 heavy (non-hydrogen) atoms. The summed E-state index contributed by atoms with van der Waals surface area (Å²) in [5.74, 6) is -1.32. The molecule has 2 amide bonds. The molecule has 152 valence electrons. The molecule has 2 heterocycles. The van der Waals surface area contributed by atoms with Crippen molar-refractivity contribution in [3.8, 4) is 11.6 Å².